The number of carbonyl (C=O) groups excluding carboxylic acids is 3. The van der Waals surface area contributed by atoms with E-state index in [9.17, 15) is 39.9 Å². The van der Waals surface area contributed by atoms with Crippen LogP contribution in [0.1, 0.15) is 47.1 Å². The number of hydrogen-bond acceptors (Lipinski definition) is 8. The molecule has 2 aromatic carbocycles. The molecule has 0 spiro atoms. The zero-order chi connectivity index (χ0) is 27.3. The number of rotatable bonds is 2. The number of carbonyl (C=O) groups is 3. The van der Waals surface area contributed by atoms with Crippen LogP contribution in [-0.2, 0) is 20.8 Å². The smallest absolute Gasteiger partial charge is 0.255 e. The van der Waals surface area contributed by atoms with Crippen LogP contribution in [0.15, 0.2) is 53.3 Å². The van der Waals surface area contributed by atoms with Crippen molar-refractivity contribution in [3.8, 4) is 5.75 Å². The van der Waals surface area contributed by atoms with Crippen LogP contribution in [0.3, 0.4) is 0 Å². The minimum absolute atomic E-state index is 0.00816. The first-order valence-electron chi connectivity index (χ1n) is 12.3. The molecule has 4 aliphatic rings. The second-order valence-electron chi connectivity index (χ2n) is 10.5. The van der Waals surface area contributed by atoms with E-state index in [0.717, 1.165) is 22.3 Å². The number of amides is 1. The molecule has 4 aliphatic carbocycles. The molecule has 0 saturated heterocycles. The minimum atomic E-state index is -2.85. The van der Waals surface area contributed by atoms with Crippen LogP contribution in [0.5, 0.6) is 5.75 Å². The van der Waals surface area contributed by atoms with Gasteiger partial charge in [-0.3, -0.25) is 14.4 Å². The lowest BCUT2D eigenvalue weighted by molar-refractivity contribution is -0.160. The van der Waals surface area contributed by atoms with Crippen LogP contribution in [0.2, 0.25) is 0 Å². The molecule has 2 aromatic rings. The summed E-state index contributed by atoms with van der Waals surface area (Å²) in [6.07, 6.45) is 0.446. The average Bonchev–Trinajstić information content (AvgIpc) is 3.30. The summed E-state index contributed by atoms with van der Waals surface area (Å²) in [7, 11) is 0. The second kappa shape index (κ2) is 7.89. The maximum atomic E-state index is 13.8. The number of phenols is 1. The van der Waals surface area contributed by atoms with Gasteiger partial charge in [0.15, 0.2) is 11.4 Å². The molecule has 1 amide bonds. The molecule has 38 heavy (non-hydrogen) atoms. The van der Waals surface area contributed by atoms with Gasteiger partial charge < -0.3 is 31.3 Å². The quantitative estimate of drug-likeness (QED) is 0.329. The van der Waals surface area contributed by atoms with Crippen molar-refractivity contribution < 1.29 is 39.9 Å². The number of allylic oxidation sites excluding steroid dienone is 1. The van der Waals surface area contributed by atoms with E-state index in [4.69, 9.17) is 5.73 Å². The number of aliphatic hydroxyl groups is 4. The summed E-state index contributed by atoms with van der Waals surface area (Å²) in [5.74, 6) is -8.75. The van der Waals surface area contributed by atoms with E-state index in [1.807, 2.05) is 30.3 Å². The minimum Gasteiger partial charge on any atom is -0.508 e. The Hall–Kier alpha value is -4.21. The number of aliphatic hydroxyl groups excluding tert-OH is 3. The van der Waals surface area contributed by atoms with Gasteiger partial charge in [-0.1, -0.05) is 43.3 Å². The number of benzene rings is 2. The lowest BCUT2D eigenvalue weighted by atomic mass is 9.55. The van der Waals surface area contributed by atoms with Gasteiger partial charge in [0.05, 0.1) is 11.7 Å². The standard InChI is InChI=1S/C29H25NO8/c1-11-19-15(14-8-12-4-2-3-5-13(12)9-14)6-7-17(31)21(19)25(34)23-20(11)24(33)16-10-18(32)22(28(30)37)26(35)29(16,38)27(23)36/h2-8,11,16,20,24,31,33-35,38H,9-10H2,1H3,(H2,30,37)/t11-,16+,20+,24+,29+/m0/s1. The summed E-state index contributed by atoms with van der Waals surface area (Å²) in [6, 6.07) is 11.0. The number of primary amides is 1. The Morgan fingerprint density at radius 2 is 1.79 bits per heavy atom. The zero-order valence-electron chi connectivity index (χ0n) is 20.3. The summed E-state index contributed by atoms with van der Waals surface area (Å²) >= 11 is 0. The molecule has 194 valence electrons. The first-order chi connectivity index (χ1) is 18.0. The number of phenolic OH excluding ortho intramolecular Hbond substituents is 1. The van der Waals surface area contributed by atoms with Gasteiger partial charge in [0.2, 0.25) is 5.78 Å². The Morgan fingerprint density at radius 1 is 1.08 bits per heavy atom. The normalized spacial score (nSPS) is 29.9. The van der Waals surface area contributed by atoms with Crippen LogP contribution in [0, 0.1) is 11.8 Å². The van der Waals surface area contributed by atoms with E-state index in [-0.39, 0.29) is 11.3 Å². The molecule has 0 heterocycles. The molecule has 7 N–H and O–H groups in total. The fourth-order valence-electron chi connectivity index (χ4n) is 6.81. The molecule has 1 fully saturated rings. The lowest BCUT2D eigenvalue weighted by Gasteiger charge is -2.50. The predicted molar refractivity (Wildman–Crippen MR) is 136 cm³/mol. The Bertz CT molecular complexity index is 1580. The highest BCUT2D eigenvalue weighted by Gasteiger charge is 2.65. The molecule has 6 rings (SSSR count). The van der Waals surface area contributed by atoms with Crippen LogP contribution < -0.4 is 5.73 Å². The van der Waals surface area contributed by atoms with Gasteiger partial charge in [0.1, 0.15) is 22.8 Å². The van der Waals surface area contributed by atoms with Crippen molar-refractivity contribution >= 4 is 34.9 Å². The molecule has 0 radical (unpaired) electrons. The fourth-order valence-corrected chi connectivity index (χ4v) is 6.81. The van der Waals surface area contributed by atoms with Crippen molar-refractivity contribution in [2.24, 2.45) is 17.6 Å². The molecular weight excluding hydrogens is 490 g/mol. The monoisotopic (exact) mass is 515 g/mol. The summed E-state index contributed by atoms with van der Waals surface area (Å²) in [5.41, 5.74) is 5.39. The van der Waals surface area contributed by atoms with E-state index < -0.39 is 76.0 Å². The van der Waals surface area contributed by atoms with Crippen molar-refractivity contribution in [3.05, 3.63) is 81.1 Å². The summed E-state index contributed by atoms with van der Waals surface area (Å²) in [6.45, 7) is 1.73. The third kappa shape index (κ3) is 2.91. The van der Waals surface area contributed by atoms with E-state index in [1.165, 1.54) is 6.07 Å². The van der Waals surface area contributed by atoms with E-state index in [0.29, 0.717) is 12.0 Å². The third-order valence-corrected chi connectivity index (χ3v) is 8.59. The van der Waals surface area contributed by atoms with Crippen molar-refractivity contribution in [3.63, 3.8) is 0 Å². The number of fused-ring (bicyclic) bond motifs is 4. The van der Waals surface area contributed by atoms with E-state index >= 15 is 0 Å². The Labute approximate surface area is 216 Å². The Kier molecular flexibility index (Phi) is 5.02. The Balaban J connectivity index is 1.57. The largest absolute Gasteiger partial charge is 0.508 e. The molecule has 0 bridgehead atoms. The van der Waals surface area contributed by atoms with E-state index in [1.54, 1.807) is 13.0 Å². The van der Waals surface area contributed by atoms with Gasteiger partial charge in [0, 0.05) is 23.8 Å². The van der Waals surface area contributed by atoms with Crippen LogP contribution in [0.25, 0.3) is 17.4 Å². The highest BCUT2D eigenvalue weighted by atomic mass is 16.4. The van der Waals surface area contributed by atoms with Gasteiger partial charge in [-0.05, 0) is 46.2 Å². The highest BCUT2D eigenvalue weighted by molar-refractivity contribution is 6.23. The van der Waals surface area contributed by atoms with Crippen molar-refractivity contribution in [2.75, 3.05) is 0 Å². The number of nitrogens with two attached hydrogens (primary N) is 1. The van der Waals surface area contributed by atoms with Gasteiger partial charge >= 0.3 is 0 Å². The van der Waals surface area contributed by atoms with E-state index in [2.05, 4.69) is 0 Å². The topological polar surface area (TPSA) is 178 Å². The Morgan fingerprint density at radius 3 is 2.47 bits per heavy atom. The third-order valence-electron chi connectivity index (χ3n) is 8.59. The first kappa shape index (κ1) is 24.1. The SMILES string of the molecule is C[C@H]1c2c(C3=Cc4ccccc4C3)ccc(O)c2C(O)=C2C(=O)[C@]3(O)C(O)=C(C(N)=O)C(=O)C[C@@H]3[C@@H](O)[C@@H]21. The predicted octanol–water partition coefficient (Wildman–Crippen LogP) is 2.05. The maximum Gasteiger partial charge on any atom is 0.255 e. The van der Waals surface area contributed by atoms with Crippen molar-refractivity contribution in [1.82, 2.24) is 0 Å². The van der Waals surface area contributed by atoms with Crippen LogP contribution in [0.4, 0.5) is 0 Å². The van der Waals surface area contributed by atoms with Gasteiger partial charge in [-0.25, -0.2) is 0 Å². The van der Waals surface area contributed by atoms with Crippen LogP contribution in [-0.4, -0.2) is 54.7 Å². The molecule has 0 unspecified atom stereocenters. The molecular formula is C29H25NO8. The highest BCUT2D eigenvalue weighted by Crippen LogP contribution is 2.57. The van der Waals surface area contributed by atoms with Gasteiger partial charge in [-0.2, -0.15) is 0 Å². The number of ketones is 2. The fraction of sp³-hybridized carbons (Fsp3) is 0.276. The molecule has 9 nitrogen and oxygen atoms in total. The van der Waals surface area contributed by atoms with Gasteiger partial charge in [0.25, 0.3) is 5.91 Å². The number of aromatic hydroxyl groups is 1. The summed E-state index contributed by atoms with van der Waals surface area (Å²) < 4.78 is 0. The molecule has 0 aromatic heterocycles. The number of hydrogen-bond donors (Lipinski definition) is 6. The lowest BCUT2D eigenvalue weighted by Crippen LogP contribution is -2.64. The molecule has 0 aliphatic heterocycles. The summed E-state index contributed by atoms with van der Waals surface area (Å²) in [4.78, 5) is 38.2. The second-order valence-corrected chi connectivity index (χ2v) is 10.5. The van der Waals surface area contributed by atoms with Crippen molar-refractivity contribution in [2.45, 2.75) is 37.4 Å². The first-order valence-corrected chi connectivity index (χ1v) is 12.3. The molecule has 1 saturated carbocycles. The molecule has 9 heteroatoms. The zero-order valence-corrected chi connectivity index (χ0v) is 20.3. The van der Waals surface area contributed by atoms with Gasteiger partial charge in [-0.15, -0.1) is 0 Å². The van der Waals surface area contributed by atoms with Crippen LogP contribution >= 0.6 is 0 Å². The average molecular weight is 516 g/mol. The van der Waals surface area contributed by atoms with Crippen molar-refractivity contribution in [1.29, 1.82) is 0 Å². The molecule has 5 atom stereocenters. The number of Topliss-reactive ketones (excluding diaryl/α,β-unsaturated/α-hetero) is 2. The maximum absolute atomic E-state index is 13.8. The summed E-state index contributed by atoms with van der Waals surface area (Å²) in [5, 5.41) is 55.9.